The molecule has 4 heteroatoms. The zero-order valence-corrected chi connectivity index (χ0v) is 14.3. The van der Waals surface area contributed by atoms with Gasteiger partial charge >= 0.3 is 0 Å². The highest BCUT2D eigenvalue weighted by Gasteiger charge is 2.19. The quantitative estimate of drug-likeness (QED) is 0.894. The second-order valence-electron chi connectivity index (χ2n) is 5.90. The van der Waals surface area contributed by atoms with Gasteiger partial charge in [-0.25, -0.2) is 9.97 Å². The number of aryl methyl sites for hydroxylation is 1. The molecule has 0 unspecified atom stereocenters. The molecule has 0 atom stereocenters. The fourth-order valence-corrected chi connectivity index (χ4v) is 3.11. The van der Waals surface area contributed by atoms with E-state index in [0.29, 0.717) is 5.92 Å². The average Bonchev–Trinajstić information content (AvgIpc) is 2.48. The summed E-state index contributed by atoms with van der Waals surface area (Å²) in [4.78, 5) is 9.67. The highest BCUT2D eigenvalue weighted by atomic mass is 79.9. The number of nitrogens with zero attached hydrogens (tertiary/aromatic N) is 2. The molecule has 1 aliphatic rings. The molecule has 1 aliphatic heterocycles. The standard InChI is InChI=1S/C17H20BrN3/c1-10(2)16-13-6-7-19-9-15(13)20-17(21-16)12-5-4-11(3)14(18)8-12/h4-5,8,10,19H,6-7,9H2,1-3H3. The number of aromatic nitrogens is 2. The minimum atomic E-state index is 0.424. The van der Waals surface area contributed by atoms with E-state index in [1.807, 2.05) is 0 Å². The van der Waals surface area contributed by atoms with Gasteiger partial charge in [0.25, 0.3) is 0 Å². The van der Waals surface area contributed by atoms with Gasteiger partial charge in [0.1, 0.15) is 0 Å². The fourth-order valence-electron chi connectivity index (χ4n) is 2.73. The van der Waals surface area contributed by atoms with E-state index in [4.69, 9.17) is 9.97 Å². The lowest BCUT2D eigenvalue weighted by atomic mass is 9.97. The van der Waals surface area contributed by atoms with Crippen molar-refractivity contribution in [1.82, 2.24) is 15.3 Å². The highest BCUT2D eigenvalue weighted by Crippen LogP contribution is 2.28. The normalized spacial score (nSPS) is 14.3. The molecule has 2 aromatic rings. The Bertz CT molecular complexity index is 680. The van der Waals surface area contributed by atoms with Crippen LogP contribution in [0.1, 0.15) is 42.3 Å². The van der Waals surface area contributed by atoms with Crippen LogP contribution in [-0.2, 0) is 13.0 Å². The summed E-state index contributed by atoms with van der Waals surface area (Å²) in [5.41, 5.74) is 6.00. The van der Waals surface area contributed by atoms with E-state index >= 15 is 0 Å². The Balaban J connectivity index is 2.14. The molecule has 110 valence electrons. The first-order valence-electron chi connectivity index (χ1n) is 7.43. The number of rotatable bonds is 2. The van der Waals surface area contributed by atoms with Gasteiger partial charge in [-0.1, -0.05) is 41.9 Å². The van der Waals surface area contributed by atoms with E-state index < -0.39 is 0 Å². The summed E-state index contributed by atoms with van der Waals surface area (Å²) in [7, 11) is 0. The van der Waals surface area contributed by atoms with Gasteiger partial charge in [0.2, 0.25) is 0 Å². The van der Waals surface area contributed by atoms with E-state index in [0.717, 1.165) is 41.1 Å². The molecule has 0 aliphatic carbocycles. The molecule has 2 heterocycles. The first-order chi connectivity index (χ1) is 10.1. The molecule has 0 saturated heterocycles. The molecule has 1 aromatic carbocycles. The Kier molecular flexibility index (Phi) is 4.09. The zero-order valence-electron chi connectivity index (χ0n) is 12.7. The first kappa shape index (κ1) is 14.7. The Morgan fingerprint density at radius 2 is 2.05 bits per heavy atom. The summed E-state index contributed by atoms with van der Waals surface area (Å²) in [6, 6.07) is 6.31. The number of nitrogens with one attached hydrogen (secondary N) is 1. The minimum absolute atomic E-state index is 0.424. The Morgan fingerprint density at radius 1 is 1.24 bits per heavy atom. The summed E-state index contributed by atoms with van der Waals surface area (Å²) in [5, 5.41) is 3.41. The van der Waals surface area contributed by atoms with Crippen molar-refractivity contribution in [2.45, 2.75) is 39.7 Å². The van der Waals surface area contributed by atoms with Gasteiger partial charge in [-0.05, 0) is 43.0 Å². The van der Waals surface area contributed by atoms with Crippen LogP contribution in [0, 0.1) is 6.92 Å². The maximum atomic E-state index is 4.87. The molecule has 0 fully saturated rings. The molecule has 0 bridgehead atoms. The van der Waals surface area contributed by atoms with Crippen LogP contribution < -0.4 is 5.32 Å². The van der Waals surface area contributed by atoms with Gasteiger partial charge in [0.15, 0.2) is 5.82 Å². The van der Waals surface area contributed by atoms with Crippen molar-refractivity contribution in [3.63, 3.8) is 0 Å². The second-order valence-corrected chi connectivity index (χ2v) is 6.76. The number of fused-ring (bicyclic) bond motifs is 1. The molecular formula is C17H20BrN3. The van der Waals surface area contributed by atoms with Crippen LogP contribution in [-0.4, -0.2) is 16.5 Å². The molecule has 21 heavy (non-hydrogen) atoms. The number of halogens is 1. The minimum Gasteiger partial charge on any atom is -0.311 e. The molecule has 3 nitrogen and oxygen atoms in total. The molecule has 0 spiro atoms. The van der Waals surface area contributed by atoms with Gasteiger partial charge in [0.05, 0.1) is 11.4 Å². The van der Waals surface area contributed by atoms with Crippen LogP contribution in [0.25, 0.3) is 11.4 Å². The first-order valence-corrected chi connectivity index (χ1v) is 8.22. The Hall–Kier alpha value is -1.26. The van der Waals surface area contributed by atoms with Crippen molar-refractivity contribution in [2.24, 2.45) is 0 Å². The van der Waals surface area contributed by atoms with Gasteiger partial charge in [-0.3, -0.25) is 0 Å². The topological polar surface area (TPSA) is 37.8 Å². The molecule has 1 aromatic heterocycles. The third-order valence-electron chi connectivity index (χ3n) is 3.95. The lowest BCUT2D eigenvalue weighted by Crippen LogP contribution is -2.27. The second kappa shape index (κ2) is 5.85. The van der Waals surface area contributed by atoms with Crippen LogP contribution in [0.3, 0.4) is 0 Å². The van der Waals surface area contributed by atoms with Crippen molar-refractivity contribution < 1.29 is 0 Å². The Morgan fingerprint density at radius 3 is 2.76 bits per heavy atom. The van der Waals surface area contributed by atoms with E-state index in [1.54, 1.807) is 0 Å². The molecule has 0 saturated carbocycles. The lowest BCUT2D eigenvalue weighted by molar-refractivity contribution is 0.609. The molecule has 0 radical (unpaired) electrons. The van der Waals surface area contributed by atoms with Crippen LogP contribution >= 0.6 is 15.9 Å². The maximum absolute atomic E-state index is 4.87. The van der Waals surface area contributed by atoms with Crippen molar-refractivity contribution in [3.05, 3.63) is 45.2 Å². The van der Waals surface area contributed by atoms with Crippen LogP contribution in [0.4, 0.5) is 0 Å². The number of hydrogen-bond acceptors (Lipinski definition) is 3. The molecule has 1 N–H and O–H groups in total. The summed E-state index contributed by atoms with van der Waals surface area (Å²) in [6.07, 6.45) is 1.03. The monoisotopic (exact) mass is 345 g/mol. The lowest BCUT2D eigenvalue weighted by Gasteiger charge is -2.21. The van der Waals surface area contributed by atoms with Crippen molar-refractivity contribution in [2.75, 3.05) is 6.54 Å². The van der Waals surface area contributed by atoms with E-state index in [-0.39, 0.29) is 0 Å². The highest BCUT2D eigenvalue weighted by molar-refractivity contribution is 9.10. The molecule has 0 amide bonds. The fraction of sp³-hybridized carbons (Fsp3) is 0.412. The smallest absolute Gasteiger partial charge is 0.159 e. The summed E-state index contributed by atoms with van der Waals surface area (Å²) in [5.74, 6) is 1.26. The third kappa shape index (κ3) is 2.87. The van der Waals surface area contributed by atoms with Crippen LogP contribution in [0.15, 0.2) is 22.7 Å². The van der Waals surface area contributed by atoms with E-state index in [1.165, 1.54) is 16.8 Å². The van der Waals surface area contributed by atoms with E-state index in [9.17, 15) is 0 Å². The number of hydrogen-bond donors (Lipinski definition) is 1. The average molecular weight is 346 g/mol. The Labute approximate surface area is 134 Å². The van der Waals surface area contributed by atoms with Gasteiger partial charge in [-0.2, -0.15) is 0 Å². The van der Waals surface area contributed by atoms with Gasteiger partial charge in [0, 0.05) is 16.6 Å². The van der Waals surface area contributed by atoms with Crippen molar-refractivity contribution >= 4 is 15.9 Å². The van der Waals surface area contributed by atoms with Gasteiger partial charge < -0.3 is 5.32 Å². The SMILES string of the molecule is Cc1ccc(-c2nc3c(c(C(C)C)n2)CCNC3)cc1Br. The van der Waals surface area contributed by atoms with Crippen molar-refractivity contribution in [3.8, 4) is 11.4 Å². The maximum Gasteiger partial charge on any atom is 0.159 e. The summed E-state index contributed by atoms with van der Waals surface area (Å²) in [6.45, 7) is 8.37. The molecular weight excluding hydrogens is 326 g/mol. The summed E-state index contributed by atoms with van der Waals surface area (Å²) < 4.78 is 1.10. The van der Waals surface area contributed by atoms with Crippen molar-refractivity contribution in [1.29, 1.82) is 0 Å². The predicted molar refractivity (Wildman–Crippen MR) is 89.4 cm³/mol. The largest absolute Gasteiger partial charge is 0.311 e. The van der Waals surface area contributed by atoms with E-state index in [2.05, 4.69) is 60.2 Å². The number of benzene rings is 1. The van der Waals surface area contributed by atoms with Crippen LogP contribution in [0.2, 0.25) is 0 Å². The van der Waals surface area contributed by atoms with Gasteiger partial charge in [-0.15, -0.1) is 0 Å². The van der Waals surface area contributed by atoms with Crippen LogP contribution in [0.5, 0.6) is 0 Å². The molecule has 3 rings (SSSR count). The predicted octanol–water partition coefficient (Wildman–Crippen LogP) is 3.98. The zero-order chi connectivity index (χ0) is 15.0. The third-order valence-corrected chi connectivity index (χ3v) is 4.80. The summed E-state index contributed by atoms with van der Waals surface area (Å²) >= 11 is 3.60.